The second-order valence-electron chi connectivity index (χ2n) is 13.0. The number of aromatic nitrogens is 2. The zero-order valence-electron chi connectivity index (χ0n) is 30.0. The van der Waals surface area contributed by atoms with E-state index in [0.717, 1.165) is 33.3 Å². The van der Waals surface area contributed by atoms with E-state index in [-0.39, 0.29) is 32.9 Å². The fourth-order valence-electron chi connectivity index (χ4n) is 8.47. The molecule has 0 saturated heterocycles. The van der Waals surface area contributed by atoms with Gasteiger partial charge in [0.05, 0.1) is 0 Å². The van der Waals surface area contributed by atoms with Crippen LogP contribution in [0.25, 0.3) is 27.6 Å². The Morgan fingerprint density at radius 2 is 1.33 bits per heavy atom. The van der Waals surface area contributed by atoms with Gasteiger partial charge in [0.1, 0.15) is 5.82 Å². The Labute approximate surface area is 314 Å². The van der Waals surface area contributed by atoms with Gasteiger partial charge in [0.15, 0.2) is 0 Å². The molecule has 0 atom stereocenters. The number of hydrogen-bond acceptors (Lipinski definition) is 4. The van der Waals surface area contributed by atoms with Crippen LogP contribution in [0.15, 0.2) is 140 Å². The number of anilines is 3. The third-order valence-corrected chi connectivity index (χ3v) is 10.5. The van der Waals surface area contributed by atoms with Crippen molar-refractivity contribution in [2.45, 2.75) is 11.8 Å². The van der Waals surface area contributed by atoms with Crippen LogP contribution in [0.5, 0.6) is 11.5 Å². The van der Waals surface area contributed by atoms with E-state index in [2.05, 4.69) is 102 Å². The van der Waals surface area contributed by atoms with Crippen molar-refractivity contribution in [3.63, 3.8) is 0 Å². The summed E-state index contributed by atoms with van der Waals surface area (Å²) >= 11 is 0. The smallest absolute Gasteiger partial charge is 0.140 e. The molecule has 3 aliphatic carbocycles. The van der Waals surface area contributed by atoms with Gasteiger partial charge in [0.2, 0.25) is 0 Å². The molecule has 1 aliphatic heterocycles. The summed E-state index contributed by atoms with van der Waals surface area (Å²) in [6, 6.07) is 52.4. The first-order valence-corrected chi connectivity index (χ1v) is 16.8. The maximum atomic E-state index is 8.08. The summed E-state index contributed by atoms with van der Waals surface area (Å²) in [4.78, 5) is 8.29. The molecule has 248 valence electrons. The first-order chi connectivity index (χ1) is 25.9. The molecule has 0 fully saturated rings. The van der Waals surface area contributed by atoms with Gasteiger partial charge in [0.25, 0.3) is 0 Å². The maximum absolute atomic E-state index is 8.08. The Kier molecular flexibility index (Phi) is 6.09. The topological polar surface area (TPSA) is 33.5 Å². The van der Waals surface area contributed by atoms with Gasteiger partial charge in [-0.05, 0) is 64.4 Å². The van der Waals surface area contributed by atoms with Gasteiger partial charge in [0, 0.05) is 77.2 Å². The number of benzene rings is 6. The van der Waals surface area contributed by atoms with E-state index in [1.54, 1.807) is 6.67 Å². The van der Waals surface area contributed by atoms with Gasteiger partial charge in [-0.25, -0.2) is 4.98 Å². The van der Waals surface area contributed by atoms with Crippen LogP contribution in [0.1, 0.15) is 49.3 Å². The molecule has 5 nitrogen and oxygen atoms in total. The Hall–Kier alpha value is -5.64. The van der Waals surface area contributed by atoms with E-state index in [0.29, 0.717) is 22.9 Å². The zero-order valence-corrected chi connectivity index (χ0v) is 29.3. The molecule has 0 unspecified atom stereocenters. The minimum Gasteiger partial charge on any atom is -0.509 e. The van der Waals surface area contributed by atoms with Crippen molar-refractivity contribution < 1.29 is 29.9 Å². The monoisotopic (exact) mass is 839 g/mol. The summed E-state index contributed by atoms with van der Waals surface area (Å²) in [7, 11) is 0. The first-order valence-electron chi connectivity index (χ1n) is 18.3. The molecule has 2 aromatic heterocycles. The SMILES string of the molecule is [2H]C([2H])([2H])N1[CH-]N(c2[c-]c(Oc3[c-]c4c(cc3)c3ccccc3n4-c3nccc4c3C3c5ccccc5C4c4ccccc43)ccc2)c2ccccc21.[Pt]. The van der Waals surface area contributed by atoms with Gasteiger partial charge in [-0.3, -0.25) is 0 Å². The van der Waals surface area contributed by atoms with E-state index in [9.17, 15) is 0 Å². The van der Waals surface area contributed by atoms with Crippen molar-refractivity contribution >= 4 is 38.9 Å². The number of hydrogen-bond donors (Lipinski definition) is 0. The van der Waals surface area contributed by atoms with Gasteiger partial charge in [-0.1, -0.05) is 84.4 Å². The number of fused-ring (bicyclic) bond motifs is 4. The van der Waals surface area contributed by atoms with Crippen LogP contribution in [0.2, 0.25) is 0 Å². The number of nitrogens with zero attached hydrogens (tertiary/aromatic N) is 4. The standard InChI is InChI=1S/C45H29N4O.Pt/c1-47-27-48(40-20-9-8-19-39(40)47)28-11-10-12-29(25-28)50-30-21-22-32-31-13-6-7-18-38(31)49(41(32)26-30)45-44-37(23-24-46-45)42-33-14-2-4-16-35(33)43(44)36-17-5-3-15-34(36)42;/h2-24,27,42-43H,1H3;/q-3;/i1D3;. The van der Waals surface area contributed by atoms with Gasteiger partial charge in [-0.15, -0.1) is 41.4 Å². The van der Waals surface area contributed by atoms with Gasteiger partial charge >= 0.3 is 0 Å². The number of para-hydroxylation sites is 3. The van der Waals surface area contributed by atoms with Crippen molar-refractivity contribution in [2.24, 2.45) is 0 Å². The van der Waals surface area contributed by atoms with Crippen LogP contribution in [0, 0.1) is 18.8 Å². The molecule has 0 N–H and O–H groups in total. The minimum absolute atomic E-state index is 0. The van der Waals surface area contributed by atoms with Crippen LogP contribution in [-0.4, -0.2) is 16.5 Å². The molecular formula is C45H29N4OPt-3. The molecule has 12 rings (SSSR count). The van der Waals surface area contributed by atoms with E-state index >= 15 is 0 Å². The maximum Gasteiger partial charge on any atom is 0.140 e. The van der Waals surface area contributed by atoms with Crippen LogP contribution in [-0.2, 0) is 21.1 Å². The molecule has 2 bridgehead atoms. The third-order valence-electron chi connectivity index (χ3n) is 10.5. The molecular weight excluding hydrogens is 808 g/mol. The number of ether oxygens (including phenoxy) is 1. The molecule has 3 heterocycles. The Morgan fingerprint density at radius 3 is 2.12 bits per heavy atom. The van der Waals surface area contributed by atoms with Crippen molar-refractivity contribution in [2.75, 3.05) is 16.8 Å². The molecule has 51 heavy (non-hydrogen) atoms. The summed E-state index contributed by atoms with van der Waals surface area (Å²) in [5.41, 5.74) is 11.9. The van der Waals surface area contributed by atoms with E-state index in [1.165, 1.54) is 38.3 Å². The van der Waals surface area contributed by atoms with Crippen molar-refractivity contribution in [3.8, 4) is 17.3 Å². The quantitative estimate of drug-likeness (QED) is 0.165. The van der Waals surface area contributed by atoms with Crippen LogP contribution in [0.4, 0.5) is 17.1 Å². The van der Waals surface area contributed by atoms with E-state index in [4.69, 9.17) is 13.8 Å². The average molecular weight is 840 g/mol. The number of rotatable bonds is 4. The summed E-state index contributed by atoms with van der Waals surface area (Å²) in [5, 5.41) is 2.17. The average Bonchev–Trinajstić information content (AvgIpc) is 3.74. The largest absolute Gasteiger partial charge is 0.509 e. The van der Waals surface area contributed by atoms with Crippen molar-refractivity contribution in [3.05, 3.63) is 192 Å². The summed E-state index contributed by atoms with van der Waals surface area (Å²) in [6.45, 7) is -0.734. The summed E-state index contributed by atoms with van der Waals surface area (Å²) in [5.74, 6) is 2.10. The van der Waals surface area contributed by atoms with E-state index < -0.39 is 6.98 Å². The summed E-state index contributed by atoms with van der Waals surface area (Å²) in [6.07, 6.45) is 1.95. The Bertz CT molecular complexity index is 2750. The van der Waals surface area contributed by atoms with E-state index in [1.807, 2.05) is 59.6 Å². The second kappa shape index (κ2) is 11.4. The Balaban J connectivity index is 0.00000361. The third kappa shape index (κ3) is 4.34. The van der Waals surface area contributed by atoms with Crippen molar-refractivity contribution in [1.29, 1.82) is 0 Å². The summed E-state index contributed by atoms with van der Waals surface area (Å²) < 4.78 is 33.0. The van der Waals surface area contributed by atoms with Crippen LogP contribution < -0.4 is 14.5 Å². The van der Waals surface area contributed by atoms with Crippen molar-refractivity contribution in [1.82, 2.24) is 9.55 Å². The fraction of sp³-hybridized carbons (Fsp3) is 0.0667. The molecule has 8 aromatic rings. The number of pyridine rings is 1. The molecule has 0 saturated carbocycles. The Morgan fingerprint density at radius 1 is 0.647 bits per heavy atom. The van der Waals surface area contributed by atoms with Gasteiger partial charge in [-0.2, -0.15) is 18.8 Å². The predicted octanol–water partition coefficient (Wildman–Crippen LogP) is 10.3. The molecule has 0 radical (unpaired) electrons. The molecule has 6 aromatic carbocycles. The normalized spacial score (nSPS) is 17.5. The molecule has 0 amide bonds. The zero-order chi connectivity index (χ0) is 35.4. The second-order valence-corrected chi connectivity index (χ2v) is 13.0. The molecule has 0 spiro atoms. The minimum atomic E-state index is -2.33. The first kappa shape index (κ1) is 27.1. The molecule has 4 aliphatic rings. The predicted molar refractivity (Wildman–Crippen MR) is 199 cm³/mol. The molecule has 6 heteroatoms. The van der Waals surface area contributed by atoms with Gasteiger partial charge < -0.3 is 19.1 Å². The van der Waals surface area contributed by atoms with Crippen LogP contribution >= 0.6 is 0 Å². The van der Waals surface area contributed by atoms with Crippen LogP contribution in [0.3, 0.4) is 0 Å². The fourth-order valence-corrected chi connectivity index (χ4v) is 8.47.